The maximum atomic E-state index is 4.52. The van der Waals surface area contributed by atoms with Gasteiger partial charge in [0.05, 0.1) is 0 Å². The first-order valence-corrected chi connectivity index (χ1v) is 9.17. The van der Waals surface area contributed by atoms with Crippen molar-refractivity contribution in [2.45, 2.75) is 53.1 Å². The molecule has 5 nitrogen and oxygen atoms in total. The summed E-state index contributed by atoms with van der Waals surface area (Å²) in [6, 6.07) is 0.545. The van der Waals surface area contributed by atoms with Crippen molar-refractivity contribution in [1.29, 1.82) is 0 Å². The Kier molecular flexibility index (Phi) is 7.81. The van der Waals surface area contributed by atoms with E-state index in [-0.39, 0.29) is 29.5 Å². The van der Waals surface area contributed by atoms with Gasteiger partial charge in [-0.15, -0.1) is 24.0 Å². The largest absolute Gasteiger partial charge is 0.355 e. The smallest absolute Gasteiger partial charge is 0.194 e. The Hall–Kier alpha value is -0.0800. The SMILES string of the molecule is CCN1CCN(C(C)CNC(=NC)N2CC(C)(C)C2(C)C)CC1.I. The van der Waals surface area contributed by atoms with Gasteiger partial charge in [-0.2, -0.15) is 0 Å². The molecule has 0 aromatic heterocycles. The zero-order valence-electron chi connectivity index (χ0n) is 16.7. The molecule has 1 atom stereocenters. The number of halogens is 1. The second-order valence-corrected chi connectivity index (χ2v) is 8.28. The summed E-state index contributed by atoms with van der Waals surface area (Å²) in [5.41, 5.74) is 0.498. The molecule has 0 aromatic rings. The maximum Gasteiger partial charge on any atom is 0.194 e. The van der Waals surface area contributed by atoms with Crippen LogP contribution in [0.1, 0.15) is 41.5 Å². The van der Waals surface area contributed by atoms with Crippen LogP contribution in [0.3, 0.4) is 0 Å². The van der Waals surface area contributed by atoms with Crippen molar-refractivity contribution in [3.8, 4) is 0 Å². The minimum atomic E-state index is 0. The number of nitrogens with zero attached hydrogens (tertiary/aromatic N) is 4. The molecule has 2 rings (SSSR count). The predicted molar refractivity (Wildman–Crippen MR) is 114 cm³/mol. The highest BCUT2D eigenvalue weighted by Gasteiger charge is 2.53. The zero-order valence-corrected chi connectivity index (χ0v) is 19.1. The number of likely N-dealkylation sites (N-methyl/N-ethyl adjacent to an activating group) is 1. The second-order valence-electron chi connectivity index (χ2n) is 8.28. The molecule has 142 valence electrons. The summed E-state index contributed by atoms with van der Waals surface area (Å²) in [6.07, 6.45) is 0. The molecule has 0 aliphatic carbocycles. The highest BCUT2D eigenvalue weighted by Crippen LogP contribution is 2.46. The van der Waals surface area contributed by atoms with Crippen molar-refractivity contribution in [3.05, 3.63) is 0 Å². The summed E-state index contributed by atoms with van der Waals surface area (Å²) in [4.78, 5) is 12.1. The van der Waals surface area contributed by atoms with Crippen LogP contribution in [0.5, 0.6) is 0 Å². The van der Waals surface area contributed by atoms with Gasteiger partial charge in [0, 0.05) is 63.3 Å². The first kappa shape index (κ1) is 22.0. The third kappa shape index (κ3) is 4.36. The fourth-order valence-corrected chi connectivity index (χ4v) is 3.58. The lowest BCUT2D eigenvalue weighted by Crippen LogP contribution is -2.72. The number of hydrogen-bond donors (Lipinski definition) is 1. The molecule has 0 bridgehead atoms. The molecular formula is C18H38IN5. The first-order chi connectivity index (χ1) is 10.7. The highest BCUT2D eigenvalue weighted by molar-refractivity contribution is 14.0. The van der Waals surface area contributed by atoms with E-state index < -0.39 is 0 Å². The van der Waals surface area contributed by atoms with Gasteiger partial charge in [-0.1, -0.05) is 20.8 Å². The lowest BCUT2D eigenvalue weighted by atomic mass is 9.65. The standard InChI is InChI=1S/C18H37N5.HI/c1-8-21-9-11-22(12-10-21)15(2)13-20-16(19-7)23-14-17(3,4)18(23,5)6;/h15H,8-14H2,1-7H3,(H,19,20);1H. The Morgan fingerprint density at radius 1 is 1.12 bits per heavy atom. The highest BCUT2D eigenvalue weighted by atomic mass is 127. The van der Waals surface area contributed by atoms with Crippen LogP contribution >= 0.6 is 24.0 Å². The molecule has 1 N–H and O–H groups in total. The number of nitrogens with one attached hydrogen (secondary N) is 1. The van der Waals surface area contributed by atoms with Crippen LogP contribution in [0.2, 0.25) is 0 Å². The maximum absolute atomic E-state index is 4.52. The van der Waals surface area contributed by atoms with E-state index in [9.17, 15) is 0 Å². The van der Waals surface area contributed by atoms with Gasteiger partial charge in [0.1, 0.15) is 0 Å². The van der Waals surface area contributed by atoms with Crippen LogP contribution in [0, 0.1) is 5.41 Å². The number of guanidine groups is 1. The molecule has 2 aliphatic heterocycles. The molecule has 24 heavy (non-hydrogen) atoms. The third-order valence-corrected chi connectivity index (χ3v) is 6.38. The van der Waals surface area contributed by atoms with E-state index in [1.807, 2.05) is 7.05 Å². The molecule has 2 aliphatic rings. The van der Waals surface area contributed by atoms with Crippen molar-refractivity contribution in [2.75, 3.05) is 52.9 Å². The van der Waals surface area contributed by atoms with Crippen molar-refractivity contribution in [2.24, 2.45) is 10.4 Å². The molecule has 0 spiro atoms. The third-order valence-electron chi connectivity index (χ3n) is 6.38. The van der Waals surface area contributed by atoms with Gasteiger partial charge in [0.25, 0.3) is 0 Å². The Balaban J connectivity index is 0.00000288. The van der Waals surface area contributed by atoms with E-state index in [1.54, 1.807) is 0 Å². The van der Waals surface area contributed by atoms with Crippen LogP contribution < -0.4 is 5.32 Å². The minimum absolute atomic E-state index is 0. The molecule has 0 saturated carbocycles. The molecule has 1 unspecified atom stereocenters. The van der Waals surface area contributed by atoms with Crippen molar-refractivity contribution >= 4 is 29.9 Å². The van der Waals surface area contributed by atoms with E-state index in [0.717, 1.165) is 19.0 Å². The van der Waals surface area contributed by atoms with Crippen LogP contribution in [0.25, 0.3) is 0 Å². The fraction of sp³-hybridized carbons (Fsp3) is 0.944. The number of aliphatic imine (C=N–C) groups is 1. The summed E-state index contributed by atoms with van der Waals surface area (Å²) in [5, 5.41) is 3.61. The van der Waals surface area contributed by atoms with E-state index in [0.29, 0.717) is 11.5 Å². The fourth-order valence-electron chi connectivity index (χ4n) is 3.58. The minimum Gasteiger partial charge on any atom is -0.355 e. The van der Waals surface area contributed by atoms with Crippen molar-refractivity contribution in [3.63, 3.8) is 0 Å². The average molecular weight is 451 g/mol. The molecule has 2 heterocycles. The van der Waals surface area contributed by atoms with Crippen molar-refractivity contribution < 1.29 is 0 Å². The van der Waals surface area contributed by atoms with E-state index in [1.165, 1.54) is 32.7 Å². The molecule has 2 saturated heterocycles. The van der Waals surface area contributed by atoms with Crippen LogP contribution in [-0.4, -0.2) is 85.1 Å². The number of hydrogen-bond acceptors (Lipinski definition) is 3. The Morgan fingerprint density at radius 2 is 1.71 bits per heavy atom. The molecule has 0 amide bonds. The number of rotatable bonds is 4. The van der Waals surface area contributed by atoms with Gasteiger partial charge >= 0.3 is 0 Å². The summed E-state index contributed by atoms with van der Waals surface area (Å²) in [5.74, 6) is 1.05. The van der Waals surface area contributed by atoms with Gasteiger partial charge in [0.2, 0.25) is 0 Å². The van der Waals surface area contributed by atoms with Crippen LogP contribution in [-0.2, 0) is 0 Å². The van der Waals surface area contributed by atoms with Crippen LogP contribution in [0.4, 0.5) is 0 Å². The lowest BCUT2D eigenvalue weighted by molar-refractivity contribution is -0.0669. The lowest BCUT2D eigenvalue weighted by Gasteiger charge is -2.62. The number of piperazine rings is 1. The van der Waals surface area contributed by atoms with Crippen LogP contribution in [0.15, 0.2) is 4.99 Å². The summed E-state index contributed by atoms with van der Waals surface area (Å²) in [7, 11) is 1.90. The van der Waals surface area contributed by atoms with Crippen molar-refractivity contribution in [1.82, 2.24) is 20.0 Å². The Bertz CT molecular complexity index is 427. The normalized spacial score (nSPS) is 25.6. The van der Waals surface area contributed by atoms with E-state index >= 15 is 0 Å². The Labute approximate surface area is 166 Å². The quantitative estimate of drug-likeness (QED) is 0.404. The molecule has 0 aromatic carbocycles. The second kappa shape index (κ2) is 8.54. The average Bonchev–Trinajstić information content (AvgIpc) is 2.54. The number of likely N-dealkylation sites (tertiary alicyclic amines) is 1. The molecule has 6 heteroatoms. The monoisotopic (exact) mass is 451 g/mol. The first-order valence-electron chi connectivity index (χ1n) is 9.17. The Morgan fingerprint density at radius 3 is 2.12 bits per heavy atom. The summed E-state index contributed by atoms with van der Waals surface area (Å²) < 4.78 is 0. The van der Waals surface area contributed by atoms with Gasteiger partial charge in [-0.05, 0) is 27.3 Å². The van der Waals surface area contributed by atoms with Gasteiger partial charge in [-0.25, -0.2) is 0 Å². The summed E-state index contributed by atoms with van der Waals surface area (Å²) >= 11 is 0. The summed E-state index contributed by atoms with van der Waals surface area (Å²) in [6.45, 7) is 21.9. The van der Waals surface area contributed by atoms with Gasteiger partial charge in [-0.3, -0.25) is 9.89 Å². The van der Waals surface area contributed by atoms with E-state index in [2.05, 4.69) is 66.6 Å². The zero-order chi connectivity index (χ0) is 17.3. The van der Waals surface area contributed by atoms with Gasteiger partial charge in [0.15, 0.2) is 5.96 Å². The van der Waals surface area contributed by atoms with Gasteiger partial charge < -0.3 is 15.1 Å². The predicted octanol–water partition coefficient (Wildman–Crippen LogP) is 2.33. The molecule has 2 fully saturated rings. The molecule has 0 radical (unpaired) electrons. The van der Waals surface area contributed by atoms with E-state index in [4.69, 9.17) is 0 Å². The topological polar surface area (TPSA) is 34.1 Å². The molecular weight excluding hydrogens is 413 g/mol.